The number of sulfonamides is 1. The van der Waals surface area contributed by atoms with Crippen molar-refractivity contribution in [3.63, 3.8) is 0 Å². The van der Waals surface area contributed by atoms with Crippen LogP contribution in [0.2, 0.25) is 0 Å². The number of anilines is 1. The number of nitrogens with zero attached hydrogens (tertiary/aromatic N) is 3. The molecule has 0 spiro atoms. The van der Waals surface area contributed by atoms with Gasteiger partial charge in [-0.15, -0.1) is 0 Å². The molecule has 1 aliphatic heterocycles. The van der Waals surface area contributed by atoms with Crippen LogP contribution in [-0.4, -0.2) is 56.2 Å². The summed E-state index contributed by atoms with van der Waals surface area (Å²) < 4.78 is 34.3. The number of carbonyl (C=O) groups excluding carboxylic acids is 1. The average Bonchev–Trinajstić information content (AvgIpc) is 2.92. The lowest BCUT2D eigenvalue weighted by atomic mass is 9.97. The van der Waals surface area contributed by atoms with Crippen LogP contribution in [0.1, 0.15) is 23.2 Å². The highest BCUT2D eigenvalue weighted by Gasteiger charge is 2.25. The molecule has 2 heterocycles. The molecule has 1 amide bonds. The molecule has 2 aromatic carbocycles. The zero-order chi connectivity index (χ0) is 24.8. The molecule has 0 bridgehead atoms. The Labute approximate surface area is 204 Å². The van der Waals surface area contributed by atoms with E-state index < -0.39 is 15.9 Å². The van der Waals surface area contributed by atoms with Gasteiger partial charge in [-0.25, -0.2) is 28.6 Å². The summed E-state index contributed by atoms with van der Waals surface area (Å²) in [7, 11) is -2.13. The largest absolute Gasteiger partial charge is 0.497 e. The molecule has 11 heteroatoms. The van der Waals surface area contributed by atoms with Crippen LogP contribution in [0, 0.1) is 5.92 Å². The van der Waals surface area contributed by atoms with Gasteiger partial charge in [0.25, 0.3) is 5.91 Å². The molecule has 1 aromatic heterocycles. The Morgan fingerprint density at radius 3 is 2.37 bits per heavy atom. The number of methoxy groups -OCH3 is 1. The van der Waals surface area contributed by atoms with Crippen molar-refractivity contribution in [2.24, 2.45) is 5.92 Å². The van der Waals surface area contributed by atoms with Gasteiger partial charge in [0.15, 0.2) is 0 Å². The van der Waals surface area contributed by atoms with Gasteiger partial charge in [0.05, 0.1) is 17.6 Å². The molecular formula is C24H27N5O5S. The SMILES string of the molecule is COc1ccc(-c2ccccc2S(=O)(=O)NCC2CCN(c3ncc(C(=O)NO)cn3)CC2)cc1. The molecule has 1 aliphatic rings. The van der Waals surface area contributed by atoms with Gasteiger partial charge in [-0.3, -0.25) is 10.0 Å². The second-order valence-corrected chi connectivity index (χ2v) is 9.96. The van der Waals surface area contributed by atoms with Crippen LogP contribution in [0.4, 0.5) is 5.95 Å². The number of hydroxylamine groups is 1. The molecule has 10 nitrogen and oxygen atoms in total. The van der Waals surface area contributed by atoms with Gasteiger partial charge < -0.3 is 9.64 Å². The van der Waals surface area contributed by atoms with Crippen molar-refractivity contribution in [3.8, 4) is 16.9 Å². The molecule has 0 atom stereocenters. The van der Waals surface area contributed by atoms with Crippen molar-refractivity contribution in [1.82, 2.24) is 20.2 Å². The quantitative estimate of drug-likeness (QED) is 0.319. The molecule has 3 N–H and O–H groups in total. The first-order valence-corrected chi connectivity index (χ1v) is 12.6. The van der Waals surface area contributed by atoms with Gasteiger partial charge in [-0.1, -0.05) is 30.3 Å². The monoisotopic (exact) mass is 497 g/mol. The van der Waals surface area contributed by atoms with E-state index in [1.807, 2.05) is 23.1 Å². The van der Waals surface area contributed by atoms with Gasteiger partial charge in [0.2, 0.25) is 16.0 Å². The Bertz CT molecular complexity index is 1260. The highest BCUT2D eigenvalue weighted by molar-refractivity contribution is 7.89. The van der Waals surface area contributed by atoms with Crippen LogP contribution in [0.5, 0.6) is 5.75 Å². The predicted octanol–water partition coefficient (Wildman–Crippen LogP) is 2.47. The number of hydrogen-bond donors (Lipinski definition) is 3. The highest BCUT2D eigenvalue weighted by Crippen LogP contribution is 2.29. The van der Waals surface area contributed by atoms with Crippen molar-refractivity contribution in [2.75, 3.05) is 31.6 Å². The van der Waals surface area contributed by atoms with Gasteiger partial charge in [0.1, 0.15) is 5.75 Å². The lowest BCUT2D eigenvalue weighted by Gasteiger charge is -2.32. The van der Waals surface area contributed by atoms with Crippen molar-refractivity contribution >= 4 is 21.9 Å². The topological polar surface area (TPSA) is 134 Å². The van der Waals surface area contributed by atoms with E-state index in [2.05, 4.69) is 14.7 Å². The van der Waals surface area contributed by atoms with Crippen LogP contribution >= 0.6 is 0 Å². The lowest BCUT2D eigenvalue weighted by Crippen LogP contribution is -2.39. The number of nitrogens with one attached hydrogen (secondary N) is 2. The van der Waals surface area contributed by atoms with Crippen LogP contribution in [0.15, 0.2) is 65.8 Å². The van der Waals surface area contributed by atoms with Crippen LogP contribution < -0.4 is 19.8 Å². The first-order valence-electron chi connectivity index (χ1n) is 11.2. The number of piperidine rings is 1. The number of carbonyl (C=O) groups is 1. The highest BCUT2D eigenvalue weighted by atomic mass is 32.2. The summed E-state index contributed by atoms with van der Waals surface area (Å²) >= 11 is 0. The fraction of sp³-hybridized carbons (Fsp3) is 0.292. The Morgan fingerprint density at radius 2 is 1.74 bits per heavy atom. The number of benzene rings is 2. The number of hydrogen-bond acceptors (Lipinski definition) is 8. The predicted molar refractivity (Wildman–Crippen MR) is 130 cm³/mol. The van der Waals surface area contributed by atoms with Gasteiger partial charge in [-0.2, -0.15) is 0 Å². The minimum absolute atomic E-state index is 0.162. The molecule has 0 unspecified atom stereocenters. The van der Waals surface area contributed by atoms with Gasteiger partial charge in [0, 0.05) is 37.6 Å². The summed E-state index contributed by atoms with van der Waals surface area (Å²) in [5.74, 6) is 0.701. The molecule has 184 valence electrons. The fourth-order valence-corrected chi connectivity index (χ4v) is 5.36. The maximum Gasteiger partial charge on any atom is 0.277 e. The molecule has 3 aromatic rings. The molecule has 0 aliphatic carbocycles. The molecular weight excluding hydrogens is 470 g/mol. The van der Waals surface area contributed by atoms with E-state index in [4.69, 9.17) is 9.94 Å². The molecule has 4 rings (SSSR count). The minimum Gasteiger partial charge on any atom is -0.497 e. The summed E-state index contributed by atoms with van der Waals surface area (Å²) in [5, 5.41) is 8.69. The summed E-state index contributed by atoms with van der Waals surface area (Å²) in [6, 6.07) is 14.2. The van der Waals surface area contributed by atoms with E-state index in [9.17, 15) is 13.2 Å². The Morgan fingerprint density at radius 1 is 1.09 bits per heavy atom. The van der Waals surface area contributed by atoms with E-state index in [0.717, 1.165) is 18.4 Å². The van der Waals surface area contributed by atoms with E-state index in [1.54, 1.807) is 42.9 Å². The summed E-state index contributed by atoms with van der Waals surface area (Å²) in [4.78, 5) is 22.0. The third-order valence-electron chi connectivity index (χ3n) is 6.04. The first-order chi connectivity index (χ1) is 16.9. The summed E-state index contributed by atoms with van der Waals surface area (Å²) in [6.45, 7) is 1.67. The van der Waals surface area contributed by atoms with Gasteiger partial charge >= 0.3 is 0 Å². The first kappa shape index (κ1) is 24.6. The van der Waals surface area contributed by atoms with Crippen molar-refractivity contribution in [2.45, 2.75) is 17.7 Å². The van der Waals surface area contributed by atoms with E-state index in [1.165, 1.54) is 12.4 Å². The summed E-state index contributed by atoms with van der Waals surface area (Å²) in [5.41, 5.74) is 3.14. The maximum absolute atomic E-state index is 13.2. The number of ether oxygens (including phenoxy) is 1. The smallest absolute Gasteiger partial charge is 0.277 e. The maximum atomic E-state index is 13.2. The summed E-state index contributed by atoms with van der Waals surface area (Å²) in [6.07, 6.45) is 4.25. The van der Waals surface area contributed by atoms with Crippen molar-refractivity contribution < 1.29 is 23.2 Å². The molecule has 0 saturated carbocycles. The van der Waals surface area contributed by atoms with Crippen LogP contribution in [0.25, 0.3) is 11.1 Å². The molecule has 1 fully saturated rings. The zero-order valence-corrected chi connectivity index (χ0v) is 20.0. The van der Waals surface area contributed by atoms with E-state index in [-0.39, 0.29) is 16.4 Å². The molecule has 1 saturated heterocycles. The molecule has 0 radical (unpaired) electrons. The zero-order valence-electron chi connectivity index (χ0n) is 19.2. The third kappa shape index (κ3) is 5.76. The Kier molecular flexibility index (Phi) is 7.59. The number of aromatic nitrogens is 2. The Hall–Kier alpha value is -3.54. The van der Waals surface area contributed by atoms with Gasteiger partial charge in [-0.05, 0) is 42.5 Å². The fourth-order valence-electron chi connectivity index (χ4n) is 4.02. The second kappa shape index (κ2) is 10.8. The minimum atomic E-state index is -3.71. The number of rotatable bonds is 8. The average molecular weight is 498 g/mol. The molecule has 35 heavy (non-hydrogen) atoms. The standard InChI is InChI=1S/C24H27N5O5S/c1-34-20-8-6-18(7-9-20)21-4-2-3-5-22(21)35(32,33)27-14-17-10-12-29(13-11-17)24-25-15-19(16-26-24)23(30)28-31/h2-9,15-17,27,31H,10-14H2,1H3,(H,28,30). The Balaban J connectivity index is 1.37. The third-order valence-corrected chi connectivity index (χ3v) is 7.52. The van der Waals surface area contributed by atoms with E-state index >= 15 is 0 Å². The lowest BCUT2D eigenvalue weighted by molar-refractivity contribution is 0.0705. The van der Waals surface area contributed by atoms with Crippen LogP contribution in [-0.2, 0) is 10.0 Å². The van der Waals surface area contributed by atoms with Crippen molar-refractivity contribution in [1.29, 1.82) is 0 Å². The normalized spacial score (nSPS) is 14.5. The second-order valence-electron chi connectivity index (χ2n) is 8.22. The number of amides is 1. The van der Waals surface area contributed by atoms with Crippen molar-refractivity contribution in [3.05, 3.63) is 66.5 Å². The van der Waals surface area contributed by atoms with Crippen LogP contribution in [0.3, 0.4) is 0 Å². The van der Waals surface area contributed by atoms with E-state index in [0.29, 0.717) is 36.9 Å².